The Morgan fingerprint density at radius 3 is 2.52 bits per heavy atom. The SMILES string of the molecule is C[C@H](NC(=O)c1cc(Cl)ccc1OC1CCN(C2CCCC2)CC1)C(N)=O. The summed E-state index contributed by atoms with van der Waals surface area (Å²) in [5.74, 6) is -0.512. The number of carbonyl (C=O) groups is 2. The Labute approximate surface area is 165 Å². The van der Waals surface area contributed by atoms with Crippen molar-refractivity contribution in [1.29, 1.82) is 0 Å². The van der Waals surface area contributed by atoms with E-state index < -0.39 is 17.9 Å². The number of halogens is 1. The van der Waals surface area contributed by atoms with Gasteiger partial charge < -0.3 is 20.7 Å². The van der Waals surface area contributed by atoms with Crippen molar-refractivity contribution in [3.63, 3.8) is 0 Å². The Morgan fingerprint density at radius 2 is 1.89 bits per heavy atom. The van der Waals surface area contributed by atoms with Crippen LogP contribution in [-0.2, 0) is 4.79 Å². The first kappa shape index (κ1) is 20.0. The van der Waals surface area contributed by atoms with Crippen LogP contribution >= 0.6 is 11.6 Å². The van der Waals surface area contributed by atoms with Gasteiger partial charge in [0.25, 0.3) is 5.91 Å². The highest BCUT2D eigenvalue weighted by molar-refractivity contribution is 6.31. The molecule has 0 unspecified atom stereocenters. The molecule has 1 aliphatic carbocycles. The van der Waals surface area contributed by atoms with Crippen LogP contribution in [0.15, 0.2) is 18.2 Å². The number of nitrogens with two attached hydrogens (primary N) is 1. The van der Waals surface area contributed by atoms with Crippen molar-refractivity contribution < 1.29 is 14.3 Å². The molecule has 2 amide bonds. The zero-order chi connectivity index (χ0) is 19.4. The van der Waals surface area contributed by atoms with Gasteiger partial charge >= 0.3 is 0 Å². The predicted molar refractivity (Wildman–Crippen MR) is 105 cm³/mol. The molecule has 0 radical (unpaired) electrons. The van der Waals surface area contributed by atoms with Crippen molar-refractivity contribution in [3.05, 3.63) is 28.8 Å². The van der Waals surface area contributed by atoms with E-state index in [0.29, 0.717) is 16.3 Å². The highest BCUT2D eigenvalue weighted by Crippen LogP contribution is 2.29. The van der Waals surface area contributed by atoms with Gasteiger partial charge in [-0.15, -0.1) is 0 Å². The fourth-order valence-electron chi connectivity index (χ4n) is 3.94. The highest BCUT2D eigenvalue weighted by Gasteiger charge is 2.28. The van der Waals surface area contributed by atoms with Crippen LogP contribution in [0.2, 0.25) is 5.02 Å². The van der Waals surface area contributed by atoms with Crippen molar-refractivity contribution in [2.24, 2.45) is 5.73 Å². The molecular weight excluding hydrogens is 366 g/mol. The summed E-state index contributed by atoms with van der Waals surface area (Å²) in [5, 5.41) is 3.02. The molecule has 1 saturated heterocycles. The van der Waals surface area contributed by atoms with Crippen LogP contribution in [0, 0.1) is 0 Å². The van der Waals surface area contributed by atoms with E-state index in [-0.39, 0.29) is 6.10 Å². The molecular formula is C20H28ClN3O3. The number of ether oxygens (including phenoxy) is 1. The highest BCUT2D eigenvalue weighted by atomic mass is 35.5. The fraction of sp³-hybridized carbons (Fsp3) is 0.600. The number of nitrogens with one attached hydrogen (secondary N) is 1. The summed E-state index contributed by atoms with van der Waals surface area (Å²) in [6.45, 7) is 3.61. The largest absolute Gasteiger partial charge is 0.489 e. The molecule has 0 aromatic heterocycles. The van der Waals surface area contributed by atoms with Crippen LogP contribution < -0.4 is 15.8 Å². The Hall–Kier alpha value is -1.79. The topological polar surface area (TPSA) is 84.7 Å². The first-order chi connectivity index (χ1) is 12.9. The predicted octanol–water partition coefficient (Wildman–Crippen LogP) is 2.73. The maximum atomic E-state index is 12.5. The molecule has 3 rings (SSSR count). The number of amides is 2. The van der Waals surface area contributed by atoms with Gasteiger partial charge in [0.05, 0.1) is 5.56 Å². The first-order valence-electron chi connectivity index (χ1n) is 9.74. The Morgan fingerprint density at radius 1 is 1.22 bits per heavy atom. The van der Waals surface area contributed by atoms with Crippen LogP contribution in [0.25, 0.3) is 0 Å². The summed E-state index contributed by atoms with van der Waals surface area (Å²) in [7, 11) is 0. The molecule has 1 aliphatic heterocycles. The van der Waals surface area contributed by atoms with Gasteiger partial charge in [0.15, 0.2) is 0 Å². The second-order valence-corrected chi connectivity index (χ2v) is 7.97. The van der Waals surface area contributed by atoms with Crippen LogP contribution in [-0.4, -0.2) is 48.0 Å². The van der Waals surface area contributed by atoms with Gasteiger partial charge in [0.2, 0.25) is 5.91 Å². The lowest BCUT2D eigenvalue weighted by molar-refractivity contribution is -0.119. The molecule has 7 heteroatoms. The quantitative estimate of drug-likeness (QED) is 0.778. The summed E-state index contributed by atoms with van der Waals surface area (Å²) in [4.78, 5) is 26.3. The summed E-state index contributed by atoms with van der Waals surface area (Å²) in [5.41, 5.74) is 5.56. The van der Waals surface area contributed by atoms with Gasteiger partial charge in [-0.2, -0.15) is 0 Å². The zero-order valence-corrected chi connectivity index (χ0v) is 16.5. The maximum Gasteiger partial charge on any atom is 0.255 e. The molecule has 6 nitrogen and oxygen atoms in total. The number of hydrogen-bond donors (Lipinski definition) is 2. The average molecular weight is 394 g/mol. The lowest BCUT2D eigenvalue weighted by atomic mass is 10.0. The summed E-state index contributed by atoms with van der Waals surface area (Å²) < 4.78 is 6.15. The summed E-state index contributed by atoms with van der Waals surface area (Å²) >= 11 is 6.06. The smallest absolute Gasteiger partial charge is 0.255 e. The third-order valence-corrected chi connectivity index (χ3v) is 5.81. The molecule has 2 fully saturated rings. The molecule has 0 spiro atoms. The van der Waals surface area contributed by atoms with Gasteiger partial charge in [-0.25, -0.2) is 0 Å². The number of carbonyl (C=O) groups excluding carboxylic acids is 2. The van der Waals surface area contributed by atoms with E-state index in [4.69, 9.17) is 22.1 Å². The number of hydrogen-bond acceptors (Lipinski definition) is 4. The van der Waals surface area contributed by atoms with E-state index in [2.05, 4.69) is 10.2 Å². The summed E-state index contributed by atoms with van der Waals surface area (Å²) in [6.07, 6.45) is 7.26. The third kappa shape index (κ3) is 5.14. The van der Waals surface area contributed by atoms with Crippen LogP contribution in [0.3, 0.4) is 0 Å². The van der Waals surface area contributed by atoms with Gasteiger partial charge in [-0.3, -0.25) is 9.59 Å². The Balaban J connectivity index is 1.63. The normalized spacial score (nSPS) is 20.4. The van der Waals surface area contributed by atoms with E-state index in [9.17, 15) is 9.59 Å². The van der Waals surface area contributed by atoms with Gasteiger partial charge in [0.1, 0.15) is 17.9 Å². The summed E-state index contributed by atoms with van der Waals surface area (Å²) in [6, 6.07) is 4.96. The molecule has 1 saturated carbocycles. The van der Waals surface area contributed by atoms with Gasteiger partial charge in [-0.05, 0) is 50.8 Å². The number of piperidine rings is 1. The third-order valence-electron chi connectivity index (χ3n) is 5.57. The van der Waals surface area contributed by atoms with Gasteiger partial charge in [-0.1, -0.05) is 24.4 Å². The van der Waals surface area contributed by atoms with E-state index in [1.54, 1.807) is 25.1 Å². The molecule has 148 valence electrons. The number of rotatable bonds is 6. The Kier molecular flexibility index (Phi) is 6.60. The number of primary amides is 1. The van der Waals surface area contributed by atoms with E-state index >= 15 is 0 Å². The minimum Gasteiger partial charge on any atom is -0.489 e. The molecule has 1 heterocycles. The van der Waals surface area contributed by atoms with Gasteiger partial charge in [0, 0.05) is 24.2 Å². The molecule has 1 aromatic rings. The van der Waals surface area contributed by atoms with Crippen molar-refractivity contribution in [2.75, 3.05) is 13.1 Å². The molecule has 1 aromatic carbocycles. The minimum absolute atomic E-state index is 0.0731. The second kappa shape index (κ2) is 8.93. The zero-order valence-electron chi connectivity index (χ0n) is 15.7. The van der Waals surface area contributed by atoms with E-state index in [1.165, 1.54) is 25.7 Å². The number of nitrogens with zero attached hydrogens (tertiary/aromatic N) is 1. The van der Waals surface area contributed by atoms with Crippen molar-refractivity contribution in [1.82, 2.24) is 10.2 Å². The molecule has 27 heavy (non-hydrogen) atoms. The molecule has 2 aliphatic rings. The average Bonchev–Trinajstić information content (AvgIpc) is 3.18. The number of benzene rings is 1. The Bertz CT molecular complexity index is 683. The molecule has 3 N–H and O–H groups in total. The lowest BCUT2D eigenvalue weighted by Crippen LogP contribution is -2.43. The van der Waals surface area contributed by atoms with Crippen LogP contribution in [0.5, 0.6) is 5.75 Å². The monoisotopic (exact) mass is 393 g/mol. The fourth-order valence-corrected chi connectivity index (χ4v) is 4.11. The van der Waals surface area contributed by atoms with E-state index in [1.807, 2.05) is 0 Å². The van der Waals surface area contributed by atoms with E-state index in [0.717, 1.165) is 32.0 Å². The first-order valence-corrected chi connectivity index (χ1v) is 10.1. The molecule has 0 bridgehead atoms. The lowest BCUT2D eigenvalue weighted by Gasteiger charge is -2.36. The molecule has 1 atom stereocenters. The minimum atomic E-state index is -0.765. The standard InChI is InChI=1S/C20H28ClN3O3/c1-13(19(22)25)23-20(26)17-12-14(21)6-7-18(17)27-16-8-10-24(11-9-16)15-4-2-3-5-15/h6-7,12-13,15-16H,2-5,8-11H2,1H3,(H2,22,25)(H,23,26)/t13-/m0/s1. The maximum absolute atomic E-state index is 12.5. The van der Waals surface area contributed by atoms with Crippen molar-refractivity contribution >= 4 is 23.4 Å². The van der Waals surface area contributed by atoms with Crippen LogP contribution in [0.4, 0.5) is 0 Å². The van der Waals surface area contributed by atoms with Crippen molar-refractivity contribution in [2.45, 2.75) is 63.6 Å². The van der Waals surface area contributed by atoms with Crippen LogP contribution in [0.1, 0.15) is 55.8 Å². The van der Waals surface area contributed by atoms with Crippen molar-refractivity contribution in [3.8, 4) is 5.75 Å². The number of likely N-dealkylation sites (tertiary alicyclic amines) is 1. The second-order valence-electron chi connectivity index (χ2n) is 7.53.